The van der Waals surface area contributed by atoms with E-state index in [1.165, 1.54) is 0 Å². The van der Waals surface area contributed by atoms with Gasteiger partial charge in [-0.25, -0.2) is 0 Å². The molecule has 1 aromatic carbocycles. The summed E-state index contributed by atoms with van der Waals surface area (Å²) in [6.45, 7) is 4.89. The number of carboxylic acid groups (broad SMARTS) is 1. The van der Waals surface area contributed by atoms with Gasteiger partial charge in [0.05, 0.1) is 12.0 Å². The maximum Gasteiger partial charge on any atom is 0.314 e. The molecule has 0 saturated heterocycles. The molecule has 0 amide bonds. The van der Waals surface area contributed by atoms with E-state index in [4.69, 9.17) is 4.74 Å². The maximum absolute atomic E-state index is 11.6. The van der Waals surface area contributed by atoms with Gasteiger partial charge in [-0.1, -0.05) is 38.8 Å². The van der Waals surface area contributed by atoms with Gasteiger partial charge < -0.3 is 9.84 Å². The molecule has 0 unspecified atom stereocenters. The van der Waals surface area contributed by atoms with Crippen LogP contribution in [0.25, 0.3) is 0 Å². The fourth-order valence-corrected chi connectivity index (χ4v) is 2.74. The van der Waals surface area contributed by atoms with Crippen molar-refractivity contribution in [2.45, 2.75) is 44.9 Å². The summed E-state index contributed by atoms with van der Waals surface area (Å²) < 4.78 is 5.63. The Morgan fingerprint density at radius 1 is 1.26 bits per heavy atom. The molecule has 0 bridgehead atoms. The quantitative estimate of drug-likeness (QED) is 0.881. The fourth-order valence-electron chi connectivity index (χ4n) is 2.74. The Hall–Kier alpha value is -1.51. The predicted octanol–water partition coefficient (Wildman–Crippen LogP) is 3.62. The van der Waals surface area contributed by atoms with Gasteiger partial charge in [-0.3, -0.25) is 4.79 Å². The molecular formula is C16H22O3. The van der Waals surface area contributed by atoms with Crippen LogP contribution in [-0.4, -0.2) is 17.7 Å². The van der Waals surface area contributed by atoms with Crippen LogP contribution in [0.3, 0.4) is 0 Å². The van der Waals surface area contributed by atoms with Gasteiger partial charge >= 0.3 is 5.97 Å². The van der Waals surface area contributed by atoms with Crippen molar-refractivity contribution in [2.75, 3.05) is 6.61 Å². The Bertz CT molecular complexity index is 428. The summed E-state index contributed by atoms with van der Waals surface area (Å²) in [4.78, 5) is 11.6. The third-order valence-corrected chi connectivity index (χ3v) is 3.86. The van der Waals surface area contributed by atoms with Crippen LogP contribution in [-0.2, 0) is 10.2 Å². The van der Waals surface area contributed by atoms with Crippen LogP contribution in [0.1, 0.15) is 45.1 Å². The second kappa shape index (κ2) is 5.64. The highest BCUT2D eigenvalue weighted by atomic mass is 16.5. The molecule has 104 valence electrons. The number of rotatable bonds is 5. The van der Waals surface area contributed by atoms with Gasteiger partial charge in [-0.2, -0.15) is 0 Å². The number of hydrogen-bond donors (Lipinski definition) is 1. The molecular weight excluding hydrogens is 240 g/mol. The first-order valence-electron chi connectivity index (χ1n) is 7.01. The molecule has 3 heteroatoms. The maximum atomic E-state index is 11.6. The largest absolute Gasteiger partial charge is 0.493 e. The van der Waals surface area contributed by atoms with Crippen LogP contribution in [0.15, 0.2) is 24.3 Å². The van der Waals surface area contributed by atoms with Crippen LogP contribution in [0.2, 0.25) is 0 Å². The Labute approximate surface area is 114 Å². The average molecular weight is 262 g/mol. The first-order chi connectivity index (χ1) is 9.04. The van der Waals surface area contributed by atoms with Crippen LogP contribution in [0, 0.1) is 5.92 Å². The van der Waals surface area contributed by atoms with E-state index in [9.17, 15) is 9.90 Å². The van der Waals surface area contributed by atoms with Crippen LogP contribution in [0.5, 0.6) is 5.75 Å². The summed E-state index contributed by atoms with van der Waals surface area (Å²) in [5.41, 5.74) is 0.241. The van der Waals surface area contributed by atoms with Crippen molar-refractivity contribution in [2.24, 2.45) is 5.92 Å². The summed E-state index contributed by atoms with van der Waals surface area (Å²) in [6, 6.07) is 7.60. The van der Waals surface area contributed by atoms with E-state index < -0.39 is 11.4 Å². The van der Waals surface area contributed by atoms with E-state index in [1.807, 2.05) is 24.3 Å². The summed E-state index contributed by atoms with van der Waals surface area (Å²) in [5.74, 6) is 0.608. The van der Waals surface area contributed by atoms with Crippen LogP contribution < -0.4 is 4.74 Å². The number of carbonyl (C=O) groups is 1. The summed E-state index contributed by atoms with van der Waals surface area (Å²) in [5, 5.41) is 9.53. The second-order valence-corrected chi connectivity index (χ2v) is 5.82. The number of benzene rings is 1. The number of carboxylic acids is 1. The number of ether oxygens (including phenoxy) is 1. The minimum atomic E-state index is -0.694. The Balaban J connectivity index is 2.15. The Kier molecular flexibility index (Phi) is 4.13. The van der Waals surface area contributed by atoms with Gasteiger partial charge in [0.2, 0.25) is 0 Å². The molecule has 0 atom stereocenters. The van der Waals surface area contributed by atoms with E-state index >= 15 is 0 Å². The molecule has 0 aromatic heterocycles. The number of hydrogen-bond acceptors (Lipinski definition) is 2. The lowest BCUT2D eigenvalue weighted by Crippen LogP contribution is -2.32. The first-order valence-corrected chi connectivity index (χ1v) is 7.01. The Morgan fingerprint density at radius 3 is 2.32 bits per heavy atom. The average Bonchev–Trinajstić information content (AvgIpc) is 2.87. The van der Waals surface area contributed by atoms with Crippen molar-refractivity contribution >= 4 is 5.97 Å². The summed E-state index contributed by atoms with van der Waals surface area (Å²) >= 11 is 0. The smallest absolute Gasteiger partial charge is 0.314 e. The number of aliphatic carboxylic acids is 1. The minimum Gasteiger partial charge on any atom is -0.493 e. The van der Waals surface area contributed by atoms with Crippen molar-refractivity contribution in [1.29, 1.82) is 0 Å². The molecule has 3 nitrogen and oxygen atoms in total. The van der Waals surface area contributed by atoms with E-state index in [0.29, 0.717) is 12.5 Å². The molecule has 1 fully saturated rings. The molecule has 0 heterocycles. The van der Waals surface area contributed by atoms with Crippen molar-refractivity contribution in [3.05, 3.63) is 29.8 Å². The lowest BCUT2D eigenvalue weighted by Gasteiger charge is -2.24. The first kappa shape index (κ1) is 13.9. The van der Waals surface area contributed by atoms with Gasteiger partial charge in [0.1, 0.15) is 5.75 Å². The molecule has 19 heavy (non-hydrogen) atoms. The van der Waals surface area contributed by atoms with E-state index in [0.717, 1.165) is 37.0 Å². The summed E-state index contributed by atoms with van der Waals surface area (Å²) in [7, 11) is 0. The monoisotopic (exact) mass is 262 g/mol. The fraction of sp³-hybridized carbons (Fsp3) is 0.562. The summed E-state index contributed by atoms with van der Waals surface area (Å²) in [6.07, 6.45) is 3.48. The highest BCUT2D eigenvalue weighted by molar-refractivity contribution is 5.81. The standard InChI is InChI=1S/C16H22O3/c1-12(2)11-19-14-7-5-13(6-8-14)16(15(17)18)9-3-4-10-16/h5-8,12H,3-4,9-11H2,1-2H3,(H,17,18). The van der Waals surface area contributed by atoms with E-state index in [1.54, 1.807) is 0 Å². The molecule has 1 saturated carbocycles. The zero-order chi connectivity index (χ0) is 13.9. The normalized spacial score (nSPS) is 17.6. The third kappa shape index (κ3) is 2.91. The molecule has 1 aliphatic rings. The molecule has 1 aromatic rings. The zero-order valence-corrected chi connectivity index (χ0v) is 11.7. The van der Waals surface area contributed by atoms with Crippen LogP contribution in [0.4, 0.5) is 0 Å². The molecule has 0 spiro atoms. The van der Waals surface area contributed by atoms with Gasteiger partial charge in [-0.15, -0.1) is 0 Å². The second-order valence-electron chi connectivity index (χ2n) is 5.82. The van der Waals surface area contributed by atoms with Gasteiger partial charge in [0, 0.05) is 0 Å². The van der Waals surface area contributed by atoms with Gasteiger partial charge in [0.25, 0.3) is 0 Å². The van der Waals surface area contributed by atoms with Crippen molar-refractivity contribution in [1.82, 2.24) is 0 Å². The van der Waals surface area contributed by atoms with Crippen LogP contribution >= 0.6 is 0 Å². The zero-order valence-electron chi connectivity index (χ0n) is 11.7. The lowest BCUT2D eigenvalue weighted by atomic mass is 9.79. The Morgan fingerprint density at radius 2 is 1.84 bits per heavy atom. The molecule has 2 rings (SSSR count). The molecule has 1 aliphatic carbocycles. The van der Waals surface area contributed by atoms with E-state index in [2.05, 4.69) is 13.8 Å². The predicted molar refractivity (Wildman–Crippen MR) is 74.6 cm³/mol. The van der Waals surface area contributed by atoms with Crippen molar-refractivity contribution < 1.29 is 14.6 Å². The molecule has 0 aliphatic heterocycles. The van der Waals surface area contributed by atoms with Gasteiger partial charge in [0.15, 0.2) is 0 Å². The third-order valence-electron chi connectivity index (χ3n) is 3.86. The molecule has 1 N–H and O–H groups in total. The topological polar surface area (TPSA) is 46.5 Å². The minimum absolute atomic E-state index is 0.486. The van der Waals surface area contributed by atoms with Crippen molar-refractivity contribution in [3.63, 3.8) is 0 Å². The lowest BCUT2D eigenvalue weighted by molar-refractivity contribution is -0.143. The highest BCUT2D eigenvalue weighted by Gasteiger charge is 2.42. The van der Waals surface area contributed by atoms with Crippen molar-refractivity contribution in [3.8, 4) is 5.75 Å². The highest BCUT2D eigenvalue weighted by Crippen LogP contribution is 2.41. The van der Waals surface area contributed by atoms with Gasteiger partial charge in [-0.05, 0) is 36.5 Å². The van der Waals surface area contributed by atoms with E-state index in [-0.39, 0.29) is 0 Å². The SMILES string of the molecule is CC(C)COc1ccc(C2(C(=O)O)CCCC2)cc1. The molecule has 0 radical (unpaired) electrons.